The van der Waals surface area contributed by atoms with Gasteiger partial charge in [-0.05, 0) is 17.9 Å². The first kappa shape index (κ1) is 13.7. The summed E-state index contributed by atoms with van der Waals surface area (Å²) in [5.74, 6) is 0.555. The Balaban J connectivity index is 2.37. The van der Waals surface area contributed by atoms with Crippen molar-refractivity contribution in [3.63, 3.8) is 0 Å². The van der Waals surface area contributed by atoms with Crippen molar-refractivity contribution in [2.75, 3.05) is 0 Å². The Kier molecular flexibility index (Phi) is 4.31. The highest BCUT2D eigenvalue weighted by Crippen LogP contribution is 2.29. The highest BCUT2D eigenvalue weighted by Gasteiger charge is 2.12. The van der Waals surface area contributed by atoms with Crippen LogP contribution in [0.5, 0.6) is 0 Å². The van der Waals surface area contributed by atoms with Crippen molar-refractivity contribution in [3.05, 3.63) is 39.7 Å². The Morgan fingerprint density at radius 2 is 2.05 bits per heavy atom. The SMILES string of the molecule is CCC(C)c1ccc(-c2nc(CN)sc2C#N)cc1. The summed E-state index contributed by atoms with van der Waals surface area (Å²) in [5.41, 5.74) is 8.64. The van der Waals surface area contributed by atoms with Gasteiger partial charge in [-0.15, -0.1) is 11.3 Å². The number of rotatable bonds is 4. The third-order valence-corrected chi connectivity index (χ3v) is 4.30. The van der Waals surface area contributed by atoms with Crippen LogP contribution >= 0.6 is 11.3 Å². The molecule has 0 spiro atoms. The van der Waals surface area contributed by atoms with Crippen molar-refractivity contribution in [1.82, 2.24) is 4.98 Å². The minimum absolute atomic E-state index is 0.379. The van der Waals surface area contributed by atoms with Crippen LogP contribution in [0.1, 0.15) is 41.6 Å². The van der Waals surface area contributed by atoms with E-state index < -0.39 is 0 Å². The lowest BCUT2D eigenvalue weighted by Gasteiger charge is -2.09. The van der Waals surface area contributed by atoms with Crippen LogP contribution in [0.2, 0.25) is 0 Å². The van der Waals surface area contributed by atoms with Crippen LogP contribution in [0.3, 0.4) is 0 Å². The van der Waals surface area contributed by atoms with Crippen LogP contribution < -0.4 is 5.73 Å². The van der Waals surface area contributed by atoms with Gasteiger partial charge in [0.05, 0.1) is 5.69 Å². The quantitative estimate of drug-likeness (QED) is 0.923. The van der Waals surface area contributed by atoms with Gasteiger partial charge in [0.2, 0.25) is 0 Å². The molecule has 2 rings (SSSR count). The Hall–Kier alpha value is -1.70. The van der Waals surface area contributed by atoms with Gasteiger partial charge in [0.25, 0.3) is 0 Å². The minimum atomic E-state index is 0.379. The fourth-order valence-corrected chi connectivity index (χ4v) is 2.69. The zero-order valence-electron chi connectivity index (χ0n) is 11.2. The molecule has 0 aliphatic carbocycles. The van der Waals surface area contributed by atoms with Crippen molar-refractivity contribution in [1.29, 1.82) is 5.26 Å². The van der Waals surface area contributed by atoms with Gasteiger partial charge in [-0.3, -0.25) is 0 Å². The molecule has 1 heterocycles. The number of nitriles is 1. The molecule has 0 radical (unpaired) electrons. The maximum absolute atomic E-state index is 9.15. The number of nitrogens with two attached hydrogens (primary N) is 1. The molecule has 1 aromatic carbocycles. The molecule has 2 N–H and O–H groups in total. The Morgan fingerprint density at radius 3 is 2.58 bits per heavy atom. The monoisotopic (exact) mass is 271 g/mol. The summed E-state index contributed by atoms with van der Waals surface area (Å²) in [7, 11) is 0. The van der Waals surface area contributed by atoms with E-state index in [4.69, 9.17) is 11.0 Å². The summed E-state index contributed by atoms with van der Waals surface area (Å²) in [6.45, 7) is 4.77. The van der Waals surface area contributed by atoms with Crippen molar-refractivity contribution < 1.29 is 0 Å². The molecule has 2 aromatic rings. The maximum atomic E-state index is 9.15. The van der Waals surface area contributed by atoms with Crippen LogP contribution in [0.25, 0.3) is 11.3 Å². The van der Waals surface area contributed by atoms with E-state index in [0.717, 1.165) is 22.7 Å². The molecule has 0 aliphatic rings. The molecule has 0 aliphatic heterocycles. The highest BCUT2D eigenvalue weighted by atomic mass is 32.1. The molecule has 1 aromatic heterocycles. The lowest BCUT2D eigenvalue weighted by molar-refractivity contribution is 0.734. The molecular formula is C15H17N3S. The third-order valence-electron chi connectivity index (χ3n) is 3.31. The molecular weight excluding hydrogens is 254 g/mol. The van der Waals surface area contributed by atoms with Crippen molar-refractivity contribution in [2.24, 2.45) is 5.73 Å². The summed E-state index contributed by atoms with van der Waals surface area (Å²) in [4.78, 5) is 5.07. The first-order valence-electron chi connectivity index (χ1n) is 6.39. The van der Waals surface area contributed by atoms with Gasteiger partial charge in [0.1, 0.15) is 16.0 Å². The fourth-order valence-electron chi connectivity index (χ4n) is 1.93. The summed E-state index contributed by atoms with van der Waals surface area (Å²) in [6.07, 6.45) is 1.12. The van der Waals surface area contributed by atoms with Crippen molar-refractivity contribution in [2.45, 2.75) is 32.7 Å². The lowest BCUT2D eigenvalue weighted by atomic mass is 9.97. The topological polar surface area (TPSA) is 62.7 Å². The van der Waals surface area contributed by atoms with E-state index in [9.17, 15) is 0 Å². The average Bonchev–Trinajstić information content (AvgIpc) is 2.90. The van der Waals surface area contributed by atoms with Gasteiger partial charge in [-0.1, -0.05) is 38.1 Å². The van der Waals surface area contributed by atoms with Crippen LogP contribution in [0.4, 0.5) is 0 Å². The number of nitrogens with zero attached hydrogens (tertiary/aromatic N) is 2. The van der Waals surface area contributed by atoms with E-state index in [0.29, 0.717) is 17.3 Å². The molecule has 0 saturated heterocycles. The largest absolute Gasteiger partial charge is 0.325 e. The average molecular weight is 271 g/mol. The Labute approximate surface area is 117 Å². The van der Waals surface area contributed by atoms with Gasteiger partial charge in [-0.2, -0.15) is 5.26 Å². The molecule has 0 amide bonds. The van der Waals surface area contributed by atoms with E-state index in [1.807, 2.05) is 12.1 Å². The molecule has 4 heteroatoms. The number of hydrogen-bond acceptors (Lipinski definition) is 4. The van der Waals surface area contributed by atoms with E-state index in [1.165, 1.54) is 16.9 Å². The van der Waals surface area contributed by atoms with E-state index in [1.54, 1.807) is 0 Å². The van der Waals surface area contributed by atoms with Crippen molar-refractivity contribution in [3.8, 4) is 17.3 Å². The van der Waals surface area contributed by atoms with E-state index in [2.05, 4.69) is 37.0 Å². The van der Waals surface area contributed by atoms with Crippen LogP contribution in [0.15, 0.2) is 24.3 Å². The normalized spacial score (nSPS) is 12.1. The van der Waals surface area contributed by atoms with Gasteiger partial charge in [-0.25, -0.2) is 4.98 Å². The van der Waals surface area contributed by atoms with Gasteiger partial charge in [0.15, 0.2) is 0 Å². The first-order valence-corrected chi connectivity index (χ1v) is 7.21. The number of hydrogen-bond donors (Lipinski definition) is 1. The fraction of sp³-hybridized carbons (Fsp3) is 0.333. The zero-order chi connectivity index (χ0) is 13.8. The first-order chi connectivity index (χ1) is 9.19. The highest BCUT2D eigenvalue weighted by molar-refractivity contribution is 7.12. The molecule has 0 fully saturated rings. The van der Waals surface area contributed by atoms with Crippen LogP contribution in [-0.2, 0) is 6.54 Å². The zero-order valence-corrected chi connectivity index (χ0v) is 12.0. The van der Waals surface area contributed by atoms with E-state index >= 15 is 0 Å². The second-order valence-corrected chi connectivity index (χ2v) is 5.62. The lowest BCUT2D eigenvalue weighted by Crippen LogP contribution is -1.95. The van der Waals surface area contributed by atoms with E-state index in [-0.39, 0.29) is 0 Å². The summed E-state index contributed by atoms with van der Waals surface area (Å²) in [6, 6.07) is 10.5. The summed E-state index contributed by atoms with van der Waals surface area (Å²) in [5, 5.41) is 9.95. The second-order valence-electron chi connectivity index (χ2n) is 4.53. The molecule has 0 bridgehead atoms. The summed E-state index contributed by atoms with van der Waals surface area (Å²) >= 11 is 1.37. The number of aromatic nitrogens is 1. The van der Waals surface area contributed by atoms with Crippen LogP contribution in [-0.4, -0.2) is 4.98 Å². The predicted molar refractivity (Wildman–Crippen MR) is 78.9 cm³/mol. The van der Waals surface area contributed by atoms with Crippen molar-refractivity contribution >= 4 is 11.3 Å². The number of benzene rings is 1. The van der Waals surface area contributed by atoms with Gasteiger partial charge in [0, 0.05) is 12.1 Å². The smallest absolute Gasteiger partial charge is 0.132 e. The molecule has 0 saturated carbocycles. The maximum Gasteiger partial charge on any atom is 0.132 e. The third kappa shape index (κ3) is 2.83. The predicted octanol–water partition coefficient (Wildman–Crippen LogP) is 3.65. The summed E-state index contributed by atoms with van der Waals surface area (Å²) < 4.78 is 0. The molecule has 98 valence electrons. The number of thiazole rings is 1. The Morgan fingerprint density at radius 1 is 1.37 bits per heavy atom. The molecule has 1 atom stereocenters. The standard InChI is InChI=1S/C15H17N3S/c1-3-10(2)11-4-6-12(7-5-11)15-13(8-16)19-14(9-17)18-15/h4-7,10H,3,9,17H2,1-2H3. The van der Waals surface area contributed by atoms with Gasteiger partial charge >= 0.3 is 0 Å². The molecule has 3 nitrogen and oxygen atoms in total. The molecule has 19 heavy (non-hydrogen) atoms. The second kappa shape index (κ2) is 5.96. The van der Waals surface area contributed by atoms with Crippen LogP contribution in [0, 0.1) is 11.3 Å². The van der Waals surface area contributed by atoms with Gasteiger partial charge < -0.3 is 5.73 Å². The molecule has 1 unspecified atom stereocenters. The minimum Gasteiger partial charge on any atom is -0.325 e. The Bertz CT molecular complexity index is 593.